The molecule has 0 N–H and O–H groups in total. The molecule has 0 saturated carbocycles. The van der Waals surface area contributed by atoms with E-state index in [9.17, 15) is 14.4 Å². The molecule has 8 nitrogen and oxygen atoms in total. The van der Waals surface area contributed by atoms with Crippen molar-refractivity contribution in [3.63, 3.8) is 0 Å². The van der Waals surface area contributed by atoms with E-state index in [2.05, 4.69) is 24.9 Å². The maximum atomic E-state index is 13.0. The van der Waals surface area contributed by atoms with Gasteiger partial charge in [-0.2, -0.15) is 4.98 Å². The fourth-order valence-corrected chi connectivity index (χ4v) is 4.40. The van der Waals surface area contributed by atoms with Crippen LogP contribution in [0.4, 0.5) is 5.69 Å². The van der Waals surface area contributed by atoms with E-state index in [1.54, 1.807) is 6.08 Å². The van der Waals surface area contributed by atoms with E-state index in [0.717, 1.165) is 21.5 Å². The molecule has 3 aromatic rings. The molecule has 156 valence electrons. The molecule has 0 radical (unpaired) electrons. The standard InChI is InChI=1S/C21H22ClN5O3/c1-21(2)13-8-6-7-9-14(13)24(3)15(21)10-12(28)11-27-16-17(23-19(27)22)25(4)20(30)26(5)18(16)29/h6-10H,11H2,1-5H3/b15-10-. The third-order valence-electron chi connectivity index (χ3n) is 5.85. The van der Waals surface area contributed by atoms with Crippen LogP contribution in [0.3, 0.4) is 0 Å². The number of hydrogen-bond acceptors (Lipinski definition) is 5. The van der Waals surface area contributed by atoms with Crippen LogP contribution in [-0.2, 0) is 30.8 Å². The Morgan fingerprint density at radius 2 is 1.80 bits per heavy atom. The van der Waals surface area contributed by atoms with Crippen molar-refractivity contribution in [1.29, 1.82) is 0 Å². The van der Waals surface area contributed by atoms with E-state index in [0.29, 0.717) is 0 Å². The Balaban J connectivity index is 1.78. The van der Waals surface area contributed by atoms with Crippen LogP contribution in [0, 0.1) is 0 Å². The molecule has 0 atom stereocenters. The van der Waals surface area contributed by atoms with Crippen molar-refractivity contribution in [1.82, 2.24) is 18.7 Å². The number of aryl methyl sites for hydroxylation is 1. The van der Waals surface area contributed by atoms with Gasteiger partial charge >= 0.3 is 5.69 Å². The summed E-state index contributed by atoms with van der Waals surface area (Å²) in [6.07, 6.45) is 1.59. The fourth-order valence-electron chi connectivity index (χ4n) is 4.18. The Labute approximate surface area is 177 Å². The summed E-state index contributed by atoms with van der Waals surface area (Å²) in [5.74, 6) is -0.227. The first kappa shape index (κ1) is 20.2. The Morgan fingerprint density at radius 3 is 2.47 bits per heavy atom. The number of anilines is 1. The van der Waals surface area contributed by atoms with Crippen molar-refractivity contribution < 1.29 is 4.79 Å². The number of para-hydroxylation sites is 1. The zero-order valence-corrected chi connectivity index (χ0v) is 18.2. The van der Waals surface area contributed by atoms with E-state index in [1.165, 1.54) is 23.2 Å². The second kappa shape index (κ2) is 6.70. The molecule has 1 aromatic carbocycles. The third kappa shape index (κ3) is 2.74. The van der Waals surface area contributed by atoms with Gasteiger partial charge < -0.3 is 9.47 Å². The highest BCUT2D eigenvalue weighted by molar-refractivity contribution is 6.29. The molecule has 4 rings (SSSR count). The van der Waals surface area contributed by atoms with Crippen molar-refractivity contribution in [3.05, 3.63) is 67.7 Å². The van der Waals surface area contributed by atoms with Crippen LogP contribution in [0.1, 0.15) is 19.4 Å². The van der Waals surface area contributed by atoms with Crippen molar-refractivity contribution in [2.24, 2.45) is 14.1 Å². The van der Waals surface area contributed by atoms with Crippen molar-refractivity contribution in [2.45, 2.75) is 25.8 Å². The summed E-state index contributed by atoms with van der Waals surface area (Å²) in [5, 5.41) is -0.0163. The van der Waals surface area contributed by atoms with Crippen LogP contribution in [0.25, 0.3) is 11.2 Å². The first-order valence-corrected chi connectivity index (χ1v) is 9.83. The lowest BCUT2D eigenvalue weighted by atomic mass is 9.83. The van der Waals surface area contributed by atoms with Gasteiger partial charge in [-0.1, -0.05) is 32.0 Å². The zero-order chi connectivity index (χ0) is 22.0. The minimum Gasteiger partial charge on any atom is -0.347 e. The first-order chi connectivity index (χ1) is 14.1. The number of carbonyl (C=O) groups excluding carboxylic acids is 1. The normalized spacial score (nSPS) is 16.5. The molecule has 0 fully saturated rings. The molecule has 0 aliphatic carbocycles. The largest absolute Gasteiger partial charge is 0.347 e. The molecule has 1 aliphatic rings. The van der Waals surface area contributed by atoms with E-state index in [1.807, 2.05) is 30.1 Å². The number of aromatic nitrogens is 4. The topological polar surface area (TPSA) is 82.1 Å². The van der Waals surface area contributed by atoms with Crippen LogP contribution >= 0.6 is 11.6 Å². The molecular formula is C21H22ClN5O3. The van der Waals surface area contributed by atoms with Gasteiger partial charge in [0.1, 0.15) is 0 Å². The summed E-state index contributed by atoms with van der Waals surface area (Å²) in [6, 6.07) is 8.03. The van der Waals surface area contributed by atoms with Crippen LogP contribution in [0.5, 0.6) is 0 Å². The maximum Gasteiger partial charge on any atom is 0.332 e. The van der Waals surface area contributed by atoms with Crippen LogP contribution in [0.15, 0.2) is 45.6 Å². The number of carbonyl (C=O) groups is 1. The molecule has 9 heteroatoms. The number of likely N-dealkylation sites (N-methyl/N-ethyl adjacent to an activating group) is 1. The molecule has 0 amide bonds. The number of halogens is 1. The average molecular weight is 428 g/mol. The van der Waals surface area contributed by atoms with Crippen molar-refractivity contribution >= 4 is 34.2 Å². The summed E-state index contributed by atoms with van der Waals surface area (Å²) in [7, 11) is 4.82. The van der Waals surface area contributed by atoms with E-state index < -0.39 is 11.2 Å². The minimum atomic E-state index is -0.543. The van der Waals surface area contributed by atoms with Gasteiger partial charge in [-0.15, -0.1) is 0 Å². The van der Waals surface area contributed by atoms with E-state index in [4.69, 9.17) is 11.6 Å². The number of ketones is 1. The predicted octanol–water partition coefficient (Wildman–Crippen LogP) is 1.97. The highest BCUT2D eigenvalue weighted by Crippen LogP contribution is 2.46. The number of imidazole rings is 1. The highest BCUT2D eigenvalue weighted by Gasteiger charge is 2.38. The van der Waals surface area contributed by atoms with Gasteiger partial charge in [-0.3, -0.25) is 18.7 Å². The molecule has 30 heavy (non-hydrogen) atoms. The number of nitrogens with zero attached hydrogens (tertiary/aromatic N) is 5. The summed E-state index contributed by atoms with van der Waals surface area (Å²) >= 11 is 6.24. The van der Waals surface area contributed by atoms with Gasteiger partial charge in [0.05, 0.1) is 6.54 Å². The number of allylic oxidation sites excluding steroid dienone is 2. The Hall–Kier alpha value is -3.13. The van der Waals surface area contributed by atoms with E-state index >= 15 is 0 Å². The molecule has 0 saturated heterocycles. The van der Waals surface area contributed by atoms with Gasteiger partial charge in [-0.05, 0) is 23.2 Å². The summed E-state index contributed by atoms with van der Waals surface area (Å²) in [6.45, 7) is 3.98. The predicted molar refractivity (Wildman–Crippen MR) is 116 cm³/mol. The molecular weight excluding hydrogens is 406 g/mol. The maximum absolute atomic E-state index is 13.0. The quantitative estimate of drug-likeness (QED) is 0.471. The smallest absolute Gasteiger partial charge is 0.332 e. The van der Waals surface area contributed by atoms with Crippen molar-refractivity contribution in [2.75, 3.05) is 11.9 Å². The lowest BCUT2D eigenvalue weighted by Crippen LogP contribution is -2.37. The van der Waals surface area contributed by atoms with Crippen LogP contribution in [-0.4, -0.2) is 31.5 Å². The highest BCUT2D eigenvalue weighted by atomic mass is 35.5. The minimum absolute atomic E-state index is 0.0163. The van der Waals surface area contributed by atoms with Gasteiger partial charge in [0.2, 0.25) is 5.28 Å². The lowest BCUT2D eigenvalue weighted by Gasteiger charge is -2.24. The molecule has 3 heterocycles. The summed E-state index contributed by atoms with van der Waals surface area (Å²) in [4.78, 5) is 43.9. The second-order valence-electron chi connectivity index (χ2n) is 8.04. The molecule has 0 bridgehead atoms. The lowest BCUT2D eigenvalue weighted by molar-refractivity contribution is -0.115. The molecule has 1 aliphatic heterocycles. The van der Waals surface area contributed by atoms with Gasteiger partial charge in [0.25, 0.3) is 5.56 Å². The monoisotopic (exact) mass is 427 g/mol. The van der Waals surface area contributed by atoms with Gasteiger partial charge in [0, 0.05) is 44.0 Å². The van der Waals surface area contributed by atoms with Crippen molar-refractivity contribution in [3.8, 4) is 0 Å². The Kier molecular flexibility index (Phi) is 4.50. The third-order valence-corrected chi connectivity index (χ3v) is 6.14. The number of rotatable bonds is 3. The average Bonchev–Trinajstić information content (AvgIpc) is 3.13. The first-order valence-electron chi connectivity index (χ1n) is 9.45. The summed E-state index contributed by atoms with van der Waals surface area (Å²) < 4.78 is 3.57. The fraction of sp³-hybridized carbons (Fsp3) is 0.333. The Bertz CT molecular complexity index is 1360. The second-order valence-corrected chi connectivity index (χ2v) is 8.38. The zero-order valence-electron chi connectivity index (χ0n) is 17.4. The number of hydrogen-bond donors (Lipinski definition) is 0. The molecule has 0 unspecified atom stereocenters. The molecule has 2 aromatic heterocycles. The Morgan fingerprint density at radius 1 is 1.13 bits per heavy atom. The van der Waals surface area contributed by atoms with Crippen LogP contribution < -0.4 is 16.1 Å². The number of fused-ring (bicyclic) bond motifs is 2. The summed E-state index contributed by atoms with van der Waals surface area (Å²) in [5.41, 5.74) is 1.93. The number of benzene rings is 1. The van der Waals surface area contributed by atoms with Crippen LogP contribution in [0.2, 0.25) is 5.28 Å². The van der Waals surface area contributed by atoms with Gasteiger partial charge in [0.15, 0.2) is 16.9 Å². The van der Waals surface area contributed by atoms with E-state index in [-0.39, 0.29) is 34.2 Å². The van der Waals surface area contributed by atoms with Gasteiger partial charge in [-0.25, -0.2) is 4.79 Å². The SMILES string of the molecule is CN1/C(=C\C(=O)Cn2c(Cl)nc3c2c(=O)n(C)c(=O)n3C)C(C)(C)c2ccccc21. The molecule has 0 spiro atoms.